The van der Waals surface area contributed by atoms with Crippen LogP contribution in [0.25, 0.3) is 0 Å². The molecule has 2 rings (SSSR count). The van der Waals surface area contributed by atoms with Gasteiger partial charge in [-0.1, -0.05) is 0 Å². The van der Waals surface area contributed by atoms with Gasteiger partial charge in [-0.15, -0.1) is 0 Å². The van der Waals surface area contributed by atoms with Crippen LogP contribution in [0.1, 0.15) is 31.4 Å². The van der Waals surface area contributed by atoms with Crippen LogP contribution in [0.15, 0.2) is 24.5 Å². The highest BCUT2D eigenvalue weighted by Gasteiger charge is 2.23. The highest BCUT2D eigenvalue weighted by atomic mass is 16.5. The van der Waals surface area contributed by atoms with Crippen molar-refractivity contribution >= 4 is 0 Å². The van der Waals surface area contributed by atoms with Crippen LogP contribution >= 0.6 is 0 Å². The summed E-state index contributed by atoms with van der Waals surface area (Å²) in [6, 6.07) is 3.90. The number of hydrogen-bond donors (Lipinski definition) is 1. The van der Waals surface area contributed by atoms with Gasteiger partial charge in [-0.25, -0.2) is 0 Å². The quantitative estimate of drug-likeness (QED) is 0.864. The summed E-state index contributed by atoms with van der Waals surface area (Å²) in [5.74, 6) is 0. The molecule has 1 fully saturated rings. The molecule has 1 saturated heterocycles. The van der Waals surface area contributed by atoms with Gasteiger partial charge in [-0.2, -0.15) is 0 Å². The molecule has 2 unspecified atom stereocenters. The second-order valence-corrected chi connectivity index (χ2v) is 4.51. The third-order valence-electron chi connectivity index (χ3n) is 3.02. The lowest BCUT2D eigenvalue weighted by molar-refractivity contribution is -0.0758. The summed E-state index contributed by atoms with van der Waals surface area (Å²) >= 11 is 0. The van der Waals surface area contributed by atoms with Gasteiger partial charge in [0, 0.05) is 31.6 Å². The normalized spacial score (nSPS) is 21.1. The summed E-state index contributed by atoms with van der Waals surface area (Å²) in [7, 11) is 0. The fourth-order valence-corrected chi connectivity index (χ4v) is 2.08. The van der Waals surface area contributed by atoms with Crippen molar-refractivity contribution in [3.8, 4) is 0 Å². The molecular weight excluding hydrogens is 216 g/mol. The molecule has 0 aromatic carbocycles. The Morgan fingerprint density at radius 1 is 1.35 bits per heavy atom. The fraction of sp³-hybridized carbons (Fsp3) is 0.615. The average molecular weight is 236 g/mol. The fourth-order valence-electron chi connectivity index (χ4n) is 2.08. The molecule has 0 spiro atoms. The van der Waals surface area contributed by atoms with Crippen molar-refractivity contribution < 1.29 is 9.47 Å². The van der Waals surface area contributed by atoms with Gasteiger partial charge < -0.3 is 15.2 Å². The van der Waals surface area contributed by atoms with E-state index >= 15 is 0 Å². The number of nitrogens with two attached hydrogens (primary N) is 1. The molecule has 2 N–H and O–H groups in total. The molecule has 4 nitrogen and oxygen atoms in total. The Bertz CT molecular complexity index is 323. The van der Waals surface area contributed by atoms with E-state index in [0.29, 0.717) is 0 Å². The van der Waals surface area contributed by atoms with Crippen LogP contribution in [0.4, 0.5) is 0 Å². The van der Waals surface area contributed by atoms with Crippen LogP contribution in [0, 0.1) is 0 Å². The first kappa shape index (κ1) is 12.5. The van der Waals surface area contributed by atoms with Gasteiger partial charge >= 0.3 is 0 Å². The van der Waals surface area contributed by atoms with Crippen molar-refractivity contribution in [1.82, 2.24) is 4.98 Å². The first-order valence-corrected chi connectivity index (χ1v) is 6.16. The molecule has 94 valence electrons. The smallest absolute Gasteiger partial charge is 0.0977 e. The SMILES string of the molecule is CC(N)C(OC1CCOCC1)c1ccncc1. The lowest BCUT2D eigenvalue weighted by atomic mass is 10.0. The Morgan fingerprint density at radius 3 is 2.59 bits per heavy atom. The topological polar surface area (TPSA) is 57.4 Å². The number of pyridine rings is 1. The molecule has 0 amide bonds. The van der Waals surface area contributed by atoms with Crippen LogP contribution in [-0.2, 0) is 9.47 Å². The number of nitrogens with zero attached hydrogens (tertiary/aromatic N) is 1. The van der Waals surface area contributed by atoms with E-state index in [1.807, 2.05) is 19.1 Å². The van der Waals surface area contributed by atoms with E-state index in [-0.39, 0.29) is 18.2 Å². The van der Waals surface area contributed by atoms with Gasteiger partial charge in [0.2, 0.25) is 0 Å². The van der Waals surface area contributed by atoms with E-state index < -0.39 is 0 Å². The largest absolute Gasteiger partial charge is 0.381 e. The average Bonchev–Trinajstić information content (AvgIpc) is 2.38. The first-order valence-electron chi connectivity index (χ1n) is 6.16. The van der Waals surface area contributed by atoms with Gasteiger partial charge in [0.15, 0.2) is 0 Å². The van der Waals surface area contributed by atoms with Crippen LogP contribution < -0.4 is 5.73 Å². The Balaban J connectivity index is 2.02. The standard InChI is InChI=1S/C13H20N2O2/c1-10(14)13(11-2-6-15-7-3-11)17-12-4-8-16-9-5-12/h2-3,6-7,10,12-13H,4-5,8-9,14H2,1H3. The second-order valence-electron chi connectivity index (χ2n) is 4.51. The highest BCUT2D eigenvalue weighted by molar-refractivity contribution is 5.15. The maximum atomic E-state index is 6.11. The summed E-state index contributed by atoms with van der Waals surface area (Å²) in [4.78, 5) is 4.02. The van der Waals surface area contributed by atoms with Gasteiger partial charge in [0.1, 0.15) is 0 Å². The van der Waals surface area contributed by atoms with E-state index in [2.05, 4.69) is 4.98 Å². The van der Waals surface area contributed by atoms with E-state index in [9.17, 15) is 0 Å². The predicted octanol–water partition coefficient (Wildman–Crippen LogP) is 1.67. The van der Waals surface area contributed by atoms with E-state index in [1.54, 1.807) is 12.4 Å². The zero-order chi connectivity index (χ0) is 12.1. The molecule has 2 atom stereocenters. The summed E-state index contributed by atoms with van der Waals surface area (Å²) < 4.78 is 11.4. The Kier molecular flexibility index (Phi) is 4.48. The number of rotatable bonds is 4. The third kappa shape index (κ3) is 3.49. The molecule has 0 aliphatic carbocycles. The van der Waals surface area contributed by atoms with Crippen molar-refractivity contribution in [1.29, 1.82) is 0 Å². The monoisotopic (exact) mass is 236 g/mol. The van der Waals surface area contributed by atoms with Crippen molar-refractivity contribution in [3.63, 3.8) is 0 Å². The lowest BCUT2D eigenvalue weighted by Gasteiger charge is -2.29. The molecule has 0 radical (unpaired) electrons. The molecule has 1 aromatic heterocycles. The minimum Gasteiger partial charge on any atom is -0.381 e. The number of aromatic nitrogens is 1. The molecule has 0 saturated carbocycles. The van der Waals surface area contributed by atoms with Gasteiger partial charge in [-0.3, -0.25) is 4.98 Å². The Hall–Kier alpha value is -0.970. The molecule has 0 bridgehead atoms. The van der Waals surface area contributed by atoms with Crippen molar-refractivity contribution in [2.24, 2.45) is 5.73 Å². The molecule has 17 heavy (non-hydrogen) atoms. The molecule has 1 aliphatic rings. The van der Waals surface area contributed by atoms with Crippen LogP contribution in [0.2, 0.25) is 0 Å². The van der Waals surface area contributed by atoms with Gasteiger partial charge in [-0.05, 0) is 37.5 Å². The zero-order valence-corrected chi connectivity index (χ0v) is 10.2. The van der Waals surface area contributed by atoms with Crippen LogP contribution in [0.3, 0.4) is 0 Å². The van der Waals surface area contributed by atoms with Crippen molar-refractivity contribution in [3.05, 3.63) is 30.1 Å². The maximum Gasteiger partial charge on any atom is 0.0977 e. The third-order valence-corrected chi connectivity index (χ3v) is 3.02. The summed E-state index contributed by atoms with van der Waals surface area (Å²) in [6.45, 7) is 3.55. The second kappa shape index (κ2) is 6.10. The minimum absolute atomic E-state index is 0.0276. The zero-order valence-electron chi connectivity index (χ0n) is 10.2. The molecule has 1 aromatic rings. The lowest BCUT2D eigenvalue weighted by Crippen LogP contribution is -2.33. The first-order chi connectivity index (χ1) is 8.27. The maximum absolute atomic E-state index is 6.11. The minimum atomic E-state index is -0.0545. The molecule has 1 aliphatic heterocycles. The number of hydrogen-bond acceptors (Lipinski definition) is 4. The van der Waals surface area contributed by atoms with Crippen molar-refractivity contribution in [2.75, 3.05) is 13.2 Å². The summed E-state index contributed by atoms with van der Waals surface area (Å²) in [5.41, 5.74) is 7.11. The van der Waals surface area contributed by atoms with E-state index in [4.69, 9.17) is 15.2 Å². The highest BCUT2D eigenvalue weighted by Crippen LogP contribution is 2.24. The predicted molar refractivity (Wildman–Crippen MR) is 65.6 cm³/mol. The van der Waals surface area contributed by atoms with E-state index in [1.165, 1.54) is 0 Å². The van der Waals surface area contributed by atoms with Gasteiger partial charge in [0.05, 0.1) is 12.2 Å². The van der Waals surface area contributed by atoms with Crippen LogP contribution in [0.5, 0.6) is 0 Å². The van der Waals surface area contributed by atoms with E-state index in [0.717, 1.165) is 31.6 Å². The Morgan fingerprint density at radius 2 is 2.00 bits per heavy atom. The van der Waals surface area contributed by atoms with Gasteiger partial charge in [0.25, 0.3) is 0 Å². The summed E-state index contributed by atoms with van der Waals surface area (Å²) in [6.07, 6.45) is 5.66. The number of ether oxygens (including phenoxy) is 2. The van der Waals surface area contributed by atoms with Crippen LogP contribution in [-0.4, -0.2) is 30.3 Å². The molecular formula is C13H20N2O2. The Labute approximate surface area is 102 Å². The summed E-state index contributed by atoms with van der Waals surface area (Å²) in [5, 5.41) is 0. The molecule has 4 heteroatoms. The molecule has 2 heterocycles. The van der Waals surface area contributed by atoms with Crippen molar-refractivity contribution in [2.45, 2.75) is 38.0 Å².